The molecule has 5 nitrogen and oxygen atoms in total. The average Bonchev–Trinajstić information content (AvgIpc) is 3.10. The number of aryl methyl sites for hydroxylation is 3. The molecule has 3 rings (SSSR count). The number of rotatable bonds is 2. The van der Waals surface area contributed by atoms with E-state index >= 15 is 0 Å². The molecule has 0 unspecified atom stereocenters. The van der Waals surface area contributed by atoms with E-state index in [9.17, 15) is 4.79 Å². The van der Waals surface area contributed by atoms with E-state index in [0.29, 0.717) is 17.2 Å². The number of nitrogens with zero attached hydrogens (tertiary/aromatic N) is 3. The van der Waals surface area contributed by atoms with Crippen molar-refractivity contribution in [2.75, 3.05) is 13.1 Å². The van der Waals surface area contributed by atoms with E-state index in [2.05, 4.69) is 39.8 Å². The van der Waals surface area contributed by atoms with Crippen molar-refractivity contribution in [3.63, 3.8) is 0 Å². The average molecular weight is 362 g/mol. The number of amides is 1. The van der Waals surface area contributed by atoms with Crippen LogP contribution in [-0.4, -0.2) is 34.0 Å². The normalized spacial score (nSPS) is 16.5. The molecule has 1 fully saturated rings. The van der Waals surface area contributed by atoms with Gasteiger partial charge in [-0.05, 0) is 33.6 Å². The SMILES string of the molecule is Cc1nc(C2CCN(C(=O)c3c(C(C)(C)C)noc3C)CC2)sc1C. The number of piperidine rings is 1. The highest BCUT2D eigenvalue weighted by atomic mass is 32.1. The first-order chi connectivity index (χ1) is 11.7. The molecule has 0 bridgehead atoms. The van der Waals surface area contributed by atoms with Crippen molar-refractivity contribution in [2.24, 2.45) is 0 Å². The van der Waals surface area contributed by atoms with E-state index in [1.165, 1.54) is 9.88 Å². The maximum atomic E-state index is 13.1. The molecule has 1 amide bonds. The second-order valence-corrected chi connectivity index (χ2v) is 9.21. The number of thiazole rings is 1. The van der Waals surface area contributed by atoms with Crippen molar-refractivity contribution < 1.29 is 9.32 Å². The Bertz CT molecular complexity index is 758. The summed E-state index contributed by atoms with van der Waals surface area (Å²) in [7, 11) is 0. The molecule has 0 atom stereocenters. The standard InChI is InChI=1S/C19H27N3O2S/c1-11-13(3)25-17(20-11)14-7-9-22(10-8-14)18(23)15-12(2)24-21-16(15)19(4,5)6/h14H,7-10H2,1-6H3. The van der Waals surface area contributed by atoms with Crippen molar-refractivity contribution >= 4 is 17.2 Å². The molecule has 2 aromatic rings. The lowest BCUT2D eigenvalue weighted by Crippen LogP contribution is -2.39. The molecule has 0 spiro atoms. The molecular weight excluding hydrogens is 334 g/mol. The predicted molar refractivity (Wildman–Crippen MR) is 99.4 cm³/mol. The van der Waals surface area contributed by atoms with Crippen molar-refractivity contribution in [2.45, 2.75) is 65.7 Å². The van der Waals surface area contributed by atoms with Gasteiger partial charge in [0.25, 0.3) is 5.91 Å². The van der Waals surface area contributed by atoms with Crippen molar-refractivity contribution in [3.8, 4) is 0 Å². The van der Waals surface area contributed by atoms with E-state index in [0.717, 1.165) is 37.3 Å². The summed E-state index contributed by atoms with van der Waals surface area (Å²) in [5, 5.41) is 5.37. The van der Waals surface area contributed by atoms with E-state index in [-0.39, 0.29) is 11.3 Å². The molecule has 136 valence electrons. The van der Waals surface area contributed by atoms with Crippen LogP contribution in [0.5, 0.6) is 0 Å². The Morgan fingerprint density at radius 1 is 1.20 bits per heavy atom. The molecule has 2 aromatic heterocycles. The maximum absolute atomic E-state index is 13.1. The summed E-state index contributed by atoms with van der Waals surface area (Å²) in [5.74, 6) is 1.13. The first-order valence-electron chi connectivity index (χ1n) is 8.88. The summed E-state index contributed by atoms with van der Waals surface area (Å²) in [6.45, 7) is 13.7. The highest BCUT2D eigenvalue weighted by Gasteiger charge is 2.33. The van der Waals surface area contributed by atoms with Gasteiger partial charge in [-0.3, -0.25) is 4.79 Å². The molecule has 3 heterocycles. The lowest BCUT2D eigenvalue weighted by molar-refractivity contribution is 0.0709. The lowest BCUT2D eigenvalue weighted by atomic mass is 9.88. The van der Waals surface area contributed by atoms with Crippen LogP contribution >= 0.6 is 11.3 Å². The third kappa shape index (κ3) is 3.50. The van der Waals surface area contributed by atoms with Gasteiger partial charge in [0.1, 0.15) is 17.0 Å². The summed E-state index contributed by atoms with van der Waals surface area (Å²) in [4.78, 5) is 21.0. The highest BCUT2D eigenvalue weighted by molar-refractivity contribution is 7.11. The van der Waals surface area contributed by atoms with Crippen LogP contribution in [0.1, 0.15) is 76.9 Å². The third-order valence-electron chi connectivity index (χ3n) is 4.96. The number of hydrogen-bond donors (Lipinski definition) is 0. The van der Waals surface area contributed by atoms with Gasteiger partial charge in [-0.25, -0.2) is 4.98 Å². The van der Waals surface area contributed by atoms with Crippen molar-refractivity contribution in [1.29, 1.82) is 0 Å². The van der Waals surface area contributed by atoms with Crippen LogP contribution in [0.15, 0.2) is 4.52 Å². The number of likely N-dealkylation sites (tertiary alicyclic amines) is 1. The number of aromatic nitrogens is 2. The Morgan fingerprint density at radius 2 is 1.84 bits per heavy atom. The van der Waals surface area contributed by atoms with Crippen LogP contribution in [-0.2, 0) is 5.41 Å². The van der Waals surface area contributed by atoms with Gasteiger partial charge in [0, 0.05) is 29.3 Å². The van der Waals surface area contributed by atoms with Crippen LogP contribution in [0, 0.1) is 20.8 Å². The Hall–Kier alpha value is -1.69. The minimum Gasteiger partial charge on any atom is -0.361 e. The Kier molecular flexibility index (Phi) is 4.75. The highest BCUT2D eigenvalue weighted by Crippen LogP contribution is 2.34. The zero-order valence-electron chi connectivity index (χ0n) is 16.0. The second-order valence-electron chi connectivity index (χ2n) is 7.97. The van der Waals surface area contributed by atoms with E-state index in [1.54, 1.807) is 11.3 Å². The molecule has 0 N–H and O–H groups in total. The molecular formula is C19H27N3O2S. The summed E-state index contributed by atoms with van der Waals surface area (Å²) in [5.41, 5.74) is 2.32. The first kappa shape index (κ1) is 18.1. The number of carbonyl (C=O) groups excluding carboxylic acids is 1. The van der Waals surface area contributed by atoms with E-state index < -0.39 is 0 Å². The molecule has 25 heavy (non-hydrogen) atoms. The van der Waals surface area contributed by atoms with Crippen LogP contribution < -0.4 is 0 Å². The molecule has 6 heteroatoms. The minimum absolute atomic E-state index is 0.0497. The fourth-order valence-electron chi connectivity index (χ4n) is 3.30. The monoisotopic (exact) mass is 361 g/mol. The zero-order chi connectivity index (χ0) is 18.4. The van der Waals surface area contributed by atoms with Gasteiger partial charge in [-0.1, -0.05) is 25.9 Å². The smallest absolute Gasteiger partial charge is 0.259 e. The summed E-state index contributed by atoms with van der Waals surface area (Å²) < 4.78 is 5.33. The lowest BCUT2D eigenvalue weighted by Gasteiger charge is -2.31. The predicted octanol–water partition coefficient (Wildman–Crippen LogP) is 4.37. The zero-order valence-corrected chi connectivity index (χ0v) is 16.8. The van der Waals surface area contributed by atoms with Crippen LogP contribution in [0.4, 0.5) is 0 Å². The van der Waals surface area contributed by atoms with E-state index in [4.69, 9.17) is 9.51 Å². The Balaban J connectivity index is 1.73. The van der Waals surface area contributed by atoms with E-state index in [1.807, 2.05) is 11.8 Å². The minimum atomic E-state index is -0.211. The van der Waals surface area contributed by atoms with Crippen LogP contribution in [0.25, 0.3) is 0 Å². The largest absolute Gasteiger partial charge is 0.361 e. The van der Waals surface area contributed by atoms with Gasteiger partial charge >= 0.3 is 0 Å². The molecule has 1 saturated heterocycles. The fraction of sp³-hybridized carbons (Fsp3) is 0.632. The Morgan fingerprint density at radius 3 is 2.36 bits per heavy atom. The van der Waals surface area contributed by atoms with Crippen molar-refractivity contribution in [1.82, 2.24) is 15.0 Å². The molecule has 0 radical (unpaired) electrons. The number of carbonyl (C=O) groups is 1. The van der Waals surface area contributed by atoms with Gasteiger partial charge in [0.2, 0.25) is 0 Å². The summed E-state index contributed by atoms with van der Waals surface area (Å²) in [6.07, 6.45) is 1.93. The van der Waals surface area contributed by atoms with Crippen molar-refractivity contribution in [3.05, 3.63) is 32.6 Å². The van der Waals surface area contributed by atoms with Gasteiger partial charge in [-0.15, -0.1) is 11.3 Å². The molecule has 0 aromatic carbocycles. The summed E-state index contributed by atoms with van der Waals surface area (Å²) >= 11 is 1.80. The number of hydrogen-bond acceptors (Lipinski definition) is 5. The molecule has 1 aliphatic rings. The van der Waals surface area contributed by atoms with Gasteiger partial charge < -0.3 is 9.42 Å². The quantitative estimate of drug-likeness (QED) is 0.797. The Labute approximate surface area is 153 Å². The second kappa shape index (κ2) is 6.56. The van der Waals surface area contributed by atoms with Gasteiger partial charge in [-0.2, -0.15) is 0 Å². The first-order valence-corrected chi connectivity index (χ1v) is 9.70. The van der Waals surface area contributed by atoms with Gasteiger partial charge in [0.15, 0.2) is 0 Å². The third-order valence-corrected chi connectivity index (χ3v) is 6.20. The molecule has 0 aliphatic carbocycles. The maximum Gasteiger partial charge on any atom is 0.259 e. The van der Waals surface area contributed by atoms with Gasteiger partial charge in [0.05, 0.1) is 10.7 Å². The molecule has 1 aliphatic heterocycles. The summed E-state index contributed by atoms with van der Waals surface area (Å²) in [6, 6.07) is 0. The fourth-order valence-corrected chi connectivity index (χ4v) is 4.39. The van der Waals surface area contributed by atoms with Crippen LogP contribution in [0.2, 0.25) is 0 Å². The molecule has 0 saturated carbocycles. The van der Waals surface area contributed by atoms with Crippen LogP contribution in [0.3, 0.4) is 0 Å². The topological polar surface area (TPSA) is 59.2 Å².